The Hall–Kier alpha value is -1.10. The Morgan fingerprint density at radius 1 is 1.19 bits per heavy atom. The van der Waals surface area contributed by atoms with Gasteiger partial charge in [0.05, 0.1) is 25.8 Å². The lowest BCUT2D eigenvalue weighted by Gasteiger charge is -2.28. The van der Waals surface area contributed by atoms with Crippen LogP contribution in [0.1, 0.15) is 50.6 Å². The lowest BCUT2D eigenvalue weighted by atomic mass is 10.0. The molecule has 0 bridgehead atoms. The predicted octanol–water partition coefficient (Wildman–Crippen LogP) is 3.59. The van der Waals surface area contributed by atoms with Gasteiger partial charge in [0.25, 0.3) is 0 Å². The van der Waals surface area contributed by atoms with Crippen LogP contribution in [0.4, 0.5) is 0 Å². The van der Waals surface area contributed by atoms with Crippen molar-refractivity contribution >= 4 is 29.9 Å². The van der Waals surface area contributed by atoms with Crippen LogP contribution in [-0.2, 0) is 9.47 Å². The molecule has 0 spiro atoms. The zero-order valence-electron chi connectivity index (χ0n) is 19.7. The maximum atomic E-state index is 5.97. The van der Waals surface area contributed by atoms with Gasteiger partial charge in [0, 0.05) is 38.5 Å². The average molecular weight is 561 g/mol. The molecule has 3 rings (SSSR count). The van der Waals surface area contributed by atoms with Crippen LogP contribution in [0.15, 0.2) is 29.3 Å². The smallest absolute Gasteiger partial charge is 0.191 e. The van der Waals surface area contributed by atoms with Gasteiger partial charge in [-0.3, -0.25) is 9.89 Å². The Morgan fingerprint density at radius 2 is 1.94 bits per heavy atom. The van der Waals surface area contributed by atoms with Crippen molar-refractivity contribution in [1.29, 1.82) is 0 Å². The third-order valence-electron chi connectivity index (χ3n) is 5.98. The molecule has 0 aliphatic carbocycles. The van der Waals surface area contributed by atoms with Gasteiger partial charge in [0.1, 0.15) is 5.75 Å². The first-order valence-electron chi connectivity index (χ1n) is 11.9. The molecule has 2 fully saturated rings. The summed E-state index contributed by atoms with van der Waals surface area (Å²) in [5, 5.41) is 6.85. The van der Waals surface area contributed by atoms with Crippen LogP contribution < -0.4 is 15.4 Å². The largest absolute Gasteiger partial charge is 0.496 e. The van der Waals surface area contributed by atoms with E-state index >= 15 is 0 Å². The molecule has 1 atom stereocenters. The topological polar surface area (TPSA) is 67.4 Å². The molecule has 7 nitrogen and oxygen atoms in total. The molecule has 0 radical (unpaired) electrons. The predicted molar refractivity (Wildman–Crippen MR) is 140 cm³/mol. The minimum absolute atomic E-state index is 0. The number of nitrogens with one attached hydrogen (secondary N) is 2. The van der Waals surface area contributed by atoms with Gasteiger partial charge in [0.2, 0.25) is 0 Å². The summed E-state index contributed by atoms with van der Waals surface area (Å²) in [6.07, 6.45) is 5.85. The maximum absolute atomic E-state index is 5.97. The average Bonchev–Trinajstić information content (AvgIpc) is 3.34. The number of rotatable bonds is 11. The Kier molecular flexibility index (Phi) is 13.3. The molecule has 1 aromatic rings. The minimum Gasteiger partial charge on any atom is -0.496 e. The number of para-hydroxylation sites is 1. The second-order valence-electron chi connectivity index (χ2n) is 8.18. The van der Waals surface area contributed by atoms with Crippen molar-refractivity contribution in [3.63, 3.8) is 0 Å². The highest BCUT2D eigenvalue weighted by Gasteiger charge is 2.25. The molecule has 0 aromatic heterocycles. The number of halogens is 1. The number of benzene rings is 1. The molecule has 1 unspecified atom stereocenters. The molecule has 0 saturated carbocycles. The molecule has 0 amide bonds. The molecule has 2 heterocycles. The van der Waals surface area contributed by atoms with E-state index in [9.17, 15) is 0 Å². The van der Waals surface area contributed by atoms with Gasteiger partial charge in [-0.1, -0.05) is 18.2 Å². The first kappa shape index (κ1) is 27.1. The lowest BCUT2D eigenvalue weighted by Crippen LogP contribution is -2.39. The summed E-state index contributed by atoms with van der Waals surface area (Å²) in [7, 11) is 1.75. The van der Waals surface area contributed by atoms with Crippen molar-refractivity contribution in [3.05, 3.63) is 29.8 Å². The van der Waals surface area contributed by atoms with E-state index in [0.717, 1.165) is 77.0 Å². The second-order valence-corrected chi connectivity index (χ2v) is 8.18. The number of ether oxygens (including phenoxy) is 3. The fourth-order valence-corrected chi connectivity index (χ4v) is 4.30. The maximum Gasteiger partial charge on any atom is 0.191 e. The highest BCUT2D eigenvalue weighted by atomic mass is 127. The molecule has 1 aromatic carbocycles. The van der Waals surface area contributed by atoms with Crippen LogP contribution in [0.2, 0.25) is 0 Å². The monoisotopic (exact) mass is 560 g/mol. The molecule has 182 valence electrons. The number of hydrogen-bond donors (Lipinski definition) is 2. The summed E-state index contributed by atoms with van der Waals surface area (Å²) in [4.78, 5) is 7.47. The molecule has 8 heteroatoms. The SMILES string of the molecule is CCNC(=NCC(c1ccccc1OC)N1CCCC1)NCCCOC1CCOCC1.I. The van der Waals surface area contributed by atoms with E-state index in [1.807, 2.05) is 12.1 Å². The fraction of sp³-hybridized carbons (Fsp3) is 0.708. The molecule has 2 aliphatic heterocycles. The van der Waals surface area contributed by atoms with Crippen molar-refractivity contribution in [2.24, 2.45) is 4.99 Å². The third-order valence-corrected chi connectivity index (χ3v) is 5.98. The Labute approximate surface area is 210 Å². The van der Waals surface area contributed by atoms with E-state index in [2.05, 4.69) is 34.6 Å². The molecule has 2 aliphatic rings. The standard InChI is InChI=1S/C24H40N4O3.HI/c1-3-25-24(26-13-8-16-31-20-11-17-30-18-12-20)27-19-22(28-14-6-7-15-28)21-9-4-5-10-23(21)29-2;/h4-5,9-10,20,22H,3,6-8,11-19H2,1-2H3,(H2,25,26,27);1H. The lowest BCUT2D eigenvalue weighted by molar-refractivity contribution is -0.0320. The van der Waals surface area contributed by atoms with Gasteiger partial charge in [0.15, 0.2) is 5.96 Å². The molecular weight excluding hydrogens is 519 g/mol. The summed E-state index contributed by atoms with van der Waals surface area (Å²) in [5.74, 6) is 1.81. The van der Waals surface area contributed by atoms with Crippen LogP contribution in [0.3, 0.4) is 0 Å². The summed E-state index contributed by atoms with van der Waals surface area (Å²) >= 11 is 0. The van der Waals surface area contributed by atoms with Gasteiger partial charge >= 0.3 is 0 Å². The van der Waals surface area contributed by atoms with Gasteiger partial charge < -0.3 is 24.8 Å². The van der Waals surface area contributed by atoms with E-state index in [1.165, 1.54) is 18.4 Å². The summed E-state index contributed by atoms with van der Waals surface area (Å²) in [5.41, 5.74) is 1.22. The first-order valence-corrected chi connectivity index (χ1v) is 11.9. The van der Waals surface area contributed by atoms with Crippen LogP contribution in [-0.4, -0.2) is 76.6 Å². The number of likely N-dealkylation sites (tertiary alicyclic amines) is 1. The van der Waals surface area contributed by atoms with Crippen LogP contribution >= 0.6 is 24.0 Å². The highest BCUT2D eigenvalue weighted by molar-refractivity contribution is 14.0. The summed E-state index contributed by atoms with van der Waals surface area (Å²) in [6.45, 7) is 9.14. The van der Waals surface area contributed by atoms with E-state index in [0.29, 0.717) is 12.6 Å². The number of aliphatic imine (C=N–C) groups is 1. The van der Waals surface area contributed by atoms with E-state index in [4.69, 9.17) is 19.2 Å². The fourth-order valence-electron chi connectivity index (χ4n) is 4.30. The van der Waals surface area contributed by atoms with Gasteiger partial charge in [-0.25, -0.2) is 0 Å². The van der Waals surface area contributed by atoms with Gasteiger partial charge in [-0.15, -0.1) is 24.0 Å². The first-order chi connectivity index (χ1) is 15.3. The van der Waals surface area contributed by atoms with E-state index in [-0.39, 0.29) is 30.0 Å². The van der Waals surface area contributed by atoms with Gasteiger partial charge in [-0.05, 0) is 58.2 Å². The molecule has 2 saturated heterocycles. The van der Waals surface area contributed by atoms with Crippen LogP contribution in [0.25, 0.3) is 0 Å². The Morgan fingerprint density at radius 3 is 2.66 bits per heavy atom. The highest BCUT2D eigenvalue weighted by Crippen LogP contribution is 2.31. The quantitative estimate of drug-likeness (QED) is 0.187. The zero-order valence-corrected chi connectivity index (χ0v) is 22.0. The Bertz CT molecular complexity index is 664. The van der Waals surface area contributed by atoms with Crippen molar-refractivity contribution in [2.45, 2.75) is 51.2 Å². The van der Waals surface area contributed by atoms with Crippen LogP contribution in [0.5, 0.6) is 5.75 Å². The second kappa shape index (κ2) is 15.7. The van der Waals surface area contributed by atoms with Crippen LogP contribution in [0, 0.1) is 0 Å². The molecule has 2 N–H and O–H groups in total. The molecule has 32 heavy (non-hydrogen) atoms. The third kappa shape index (κ3) is 8.68. The number of methoxy groups -OCH3 is 1. The van der Waals surface area contributed by atoms with Gasteiger partial charge in [-0.2, -0.15) is 0 Å². The van der Waals surface area contributed by atoms with Crippen molar-refractivity contribution in [2.75, 3.05) is 59.7 Å². The zero-order chi connectivity index (χ0) is 21.7. The van der Waals surface area contributed by atoms with Crippen molar-refractivity contribution in [3.8, 4) is 5.75 Å². The minimum atomic E-state index is 0. The van der Waals surface area contributed by atoms with E-state index < -0.39 is 0 Å². The van der Waals surface area contributed by atoms with Crippen molar-refractivity contribution in [1.82, 2.24) is 15.5 Å². The number of nitrogens with zero attached hydrogens (tertiary/aromatic N) is 2. The molecular formula is C24H41IN4O3. The normalized spacial score (nSPS) is 18.8. The summed E-state index contributed by atoms with van der Waals surface area (Å²) in [6, 6.07) is 8.56. The van der Waals surface area contributed by atoms with Crippen molar-refractivity contribution < 1.29 is 14.2 Å². The van der Waals surface area contributed by atoms with E-state index in [1.54, 1.807) is 7.11 Å². The number of hydrogen-bond acceptors (Lipinski definition) is 5. The Balaban J connectivity index is 0.00000363. The number of guanidine groups is 1. The summed E-state index contributed by atoms with van der Waals surface area (Å²) < 4.78 is 17.0.